The largest absolute Gasteiger partial charge is 0.370 e. The number of aromatic nitrogens is 2. The number of anilines is 1. The van der Waals surface area contributed by atoms with Gasteiger partial charge in [0.2, 0.25) is 0 Å². The van der Waals surface area contributed by atoms with Crippen molar-refractivity contribution in [1.29, 1.82) is 0 Å². The number of halogens is 2. The van der Waals surface area contributed by atoms with Crippen LogP contribution in [0.2, 0.25) is 0 Å². The van der Waals surface area contributed by atoms with Gasteiger partial charge in [-0.15, -0.1) is 0 Å². The van der Waals surface area contributed by atoms with Gasteiger partial charge in [-0.2, -0.15) is 0 Å². The summed E-state index contributed by atoms with van der Waals surface area (Å²) in [7, 11) is 0. The van der Waals surface area contributed by atoms with Crippen LogP contribution in [0.5, 0.6) is 0 Å². The van der Waals surface area contributed by atoms with Crippen LogP contribution < -0.4 is 5.32 Å². The van der Waals surface area contributed by atoms with Crippen LogP contribution in [0.4, 0.5) is 10.2 Å². The zero-order valence-electron chi connectivity index (χ0n) is 12.5. The molecule has 0 bridgehead atoms. The Bertz CT molecular complexity index is 606. The Morgan fingerprint density at radius 3 is 2.43 bits per heavy atom. The Kier molecular flexibility index (Phi) is 4.93. The number of benzene rings is 1. The lowest BCUT2D eigenvalue weighted by molar-refractivity contribution is 0.544. The molecule has 112 valence electrons. The molecule has 0 aliphatic heterocycles. The first-order valence-electron chi connectivity index (χ1n) is 6.88. The van der Waals surface area contributed by atoms with E-state index in [9.17, 15) is 4.39 Å². The predicted molar refractivity (Wildman–Crippen MR) is 87.0 cm³/mol. The Morgan fingerprint density at radius 1 is 1.14 bits per heavy atom. The molecule has 0 amide bonds. The second kappa shape index (κ2) is 6.52. The number of rotatable bonds is 4. The minimum Gasteiger partial charge on any atom is -0.370 e. The van der Waals surface area contributed by atoms with Crippen LogP contribution >= 0.6 is 15.9 Å². The second-order valence-electron chi connectivity index (χ2n) is 5.95. The molecule has 0 spiro atoms. The van der Waals surface area contributed by atoms with Crippen molar-refractivity contribution in [3.63, 3.8) is 0 Å². The fourth-order valence-corrected chi connectivity index (χ4v) is 2.21. The molecule has 1 N–H and O–H groups in total. The lowest BCUT2D eigenvalue weighted by Gasteiger charge is -2.18. The van der Waals surface area contributed by atoms with Crippen molar-refractivity contribution in [3.05, 3.63) is 52.1 Å². The zero-order chi connectivity index (χ0) is 15.5. The van der Waals surface area contributed by atoms with E-state index in [0.29, 0.717) is 0 Å². The van der Waals surface area contributed by atoms with Gasteiger partial charge in [-0.1, -0.05) is 32.9 Å². The summed E-state index contributed by atoms with van der Waals surface area (Å²) in [5, 5.41) is 3.29. The van der Waals surface area contributed by atoms with E-state index in [1.54, 1.807) is 12.1 Å². The van der Waals surface area contributed by atoms with Crippen LogP contribution in [-0.2, 0) is 11.8 Å². The van der Waals surface area contributed by atoms with Crippen LogP contribution in [0.25, 0.3) is 0 Å². The molecule has 0 fully saturated rings. The molecule has 21 heavy (non-hydrogen) atoms. The summed E-state index contributed by atoms with van der Waals surface area (Å²) in [5.41, 5.74) is 0.991. The standard InChI is InChI=1S/C16H19BrFN3/c1-16(2,3)15-20-13(17)10-14(21-15)19-9-8-11-4-6-12(18)7-5-11/h4-7,10H,8-9H2,1-3H3,(H,19,20,21). The van der Waals surface area contributed by atoms with Gasteiger partial charge >= 0.3 is 0 Å². The second-order valence-corrected chi connectivity index (χ2v) is 6.77. The first-order chi connectivity index (χ1) is 9.84. The SMILES string of the molecule is CC(C)(C)c1nc(Br)cc(NCCc2ccc(F)cc2)n1. The van der Waals surface area contributed by atoms with E-state index in [4.69, 9.17) is 0 Å². The maximum atomic E-state index is 12.8. The topological polar surface area (TPSA) is 37.8 Å². The van der Waals surface area contributed by atoms with E-state index in [1.807, 2.05) is 6.07 Å². The first kappa shape index (κ1) is 15.9. The zero-order valence-corrected chi connectivity index (χ0v) is 14.0. The Labute approximate surface area is 133 Å². The molecular weight excluding hydrogens is 333 g/mol. The molecule has 2 rings (SSSR count). The third kappa shape index (κ3) is 4.77. The van der Waals surface area contributed by atoms with Gasteiger partial charge in [0.25, 0.3) is 0 Å². The maximum Gasteiger partial charge on any atom is 0.137 e. The fraction of sp³-hybridized carbons (Fsp3) is 0.375. The van der Waals surface area contributed by atoms with E-state index in [-0.39, 0.29) is 11.2 Å². The monoisotopic (exact) mass is 351 g/mol. The molecular formula is C16H19BrFN3. The van der Waals surface area contributed by atoms with Crippen molar-refractivity contribution in [2.75, 3.05) is 11.9 Å². The summed E-state index contributed by atoms with van der Waals surface area (Å²) < 4.78 is 13.6. The summed E-state index contributed by atoms with van der Waals surface area (Å²) in [5.74, 6) is 1.38. The fourth-order valence-electron chi connectivity index (χ4n) is 1.83. The number of hydrogen-bond donors (Lipinski definition) is 1. The van der Waals surface area contributed by atoms with Crippen molar-refractivity contribution in [3.8, 4) is 0 Å². The summed E-state index contributed by atoms with van der Waals surface area (Å²) in [6.07, 6.45) is 0.812. The molecule has 0 aliphatic rings. The molecule has 5 heteroatoms. The highest BCUT2D eigenvalue weighted by Gasteiger charge is 2.18. The minimum absolute atomic E-state index is 0.100. The van der Waals surface area contributed by atoms with Crippen molar-refractivity contribution in [2.45, 2.75) is 32.6 Å². The number of nitrogens with zero attached hydrogens (tertiary/aromatic N) is 2. The van der Waals surface area contributed by atoms with Gasteiger partial charge in [0.15, 0.2) is 0 Å². The quantitative estimate of drug-likeness (QED) is 0.833. The number of hydrogen-bond acceptors (Lipinski definition) is 3. The van der Waals surface area contributed by atoms with Crippen LogP contribution in [-0.4, -0.2) is 16.5 Å². The van der Waals surface area contributed by atoms with Crippen molar-refractivity contribution in [1.82, 2.24) is 9.97 Å². The van der Waals surface area contributed by atoms with Gasteiger partial charge < -0.3 is 5.32 Å². The van der Waals surface area contributed by atoms with Crippen LogP contribution in [0.3, 0.4) is 0 Å². The highest BCUT2D eigenvalue weighted by atomic mass is 79.9. The predicted octanol–water partition coefficient (Wildman–Crippen LogP) is 4.33. The lowest BCUT2D eigenvalue weighted by Crippen LogP contribution is -2.18. The maximum absolute atomic E-state index is 12.8. The van der Waals surface area contributed by atoms with Crippen LogP contribution in [0.15, 0.2) is 34.9 Å². The van der Waals surface area contributed by atoms with E-state index < -0.39 is 0 Å². The highest BCUT2D eigenvalue weighted by molar-refractivity contribution is 9.10. The molecule has 1 heterocycles. The van der Waals surface area contributed by atoms with Gasteiger partial charge in [0.1, 0.15) is 22.1 Å². The van der Waals surface area contributed by atoms with Crippen molar-refractivity contribution in [2.24, 2.45) is 0 Å². The smallest absolute Gasteiger partial charge is 0.137 e. The average molecular weight is 352 g/mol. The van der Waals surface area contributed by atoms with Crippen molar-refractivity contribution < 1.29 is 4.39 Å². The Hall–Kier alpha value is -1.49. The van der Waals surface area contributed by atoms with Crippen molar-refractivity contribution >= 4 is 21.7 Å². The molecule has 1 aromatic heterocycles. The summed E-state index contributed by atoms with van der Waals surface area (Å²) >= 11 is 3.42. The summed E-state index contributed by atoms with van der Waals surface area (Å²) in [6.45, 7) is 6.98. The van der Waals surface area contributed by atoms with Gasteiger partial charge in [0, 0.05) is 18.0 Å². The average Bonchev–Trinajstić information content (AvgIpc) is 2.39. The molecule has 0 radical (unpaired) electrons. The van der Waals surface area contributed by atoms with Crippen LogP contribution in [0.1, 0.15) is 32.2 Å². The first-order valence-corrected chi connectivity index (χ1v) is 7.67. The molecule has 0 saturated heterocycles. The van der Waals surface area contributed by atoms with E-state index in [0.717, 1.165) is 34.8 Å². The number of nitrogens with one attached hydrogen (secondary N) is 1. The highest BCUT2D eigenvalue weighted by Crippen LogP contribution is 2.22. The van der Waals surface area contributed by atoms with Gasteiger partial charge in [-0.05, 0) is 40.0 Å². The normalized spacial score (nSPS) is 11.5. The van der Waals surface area contributed by atoms with Gasteiger partial charge in [-0.3, -0.25) is 0 Å². The van der Waals surface area contributed by atoms with E-state index in [1.165, 1.54) is 12.1 Å². The molecule has 0 aliphatic carbocycles. The van der Waals surface area contributed by atoms with E-state index in [2.05, 4.69) is 52.0 Å². The Morgan fingerprint density at radius 2 is 1.81 bits per heavy atom. The van der Waals surface area contributed by atoms with Gasteiger partial charge in [-0.25, -0.2) is 14.4 Å². The molecule has 0 saturated carbocycles. The van der Waals surface area contributed by atoms with Gasteiger partial charge in [0.05, 0.1) is 0 Å². The summed E-state index contributed by atoms with van der Waals surface area (Å²) in [6, 6.07) is 8.42. The Balaban J connectivity index is 2.00. The molecule has 1 aromatic carbocycles. The van der Waals surface area contributed by atoms with Crippen LogP contribution in [0, 0.1) is 5.82 Å². The minimum atomic E-state index is -0.207. The third-order valence-electron chi connectivity index (χ3n) is 3.00. The molecule has 2 aromatic rings. The third-order valence-corrected chi connectivity index (χ3v) is 3.40. The molecule has 0 unspecified atom stereocenters. The molecule has 0 atom stereocenters. The lowest BCUT2D eigenvalue weighted by atomic mass is 9.96. The van der Waals surface area contributed by atoms with E-state index >= 15 is 0 Å². The molecule has 3 nitrogen and oxygen atoms in total. The summed E-state index contributed by atoms with van der Waals surface area (Å²) in [4.78, 5) is 8.94.